The summed E-state index contributed by atoms with van der Waals surface area (Å²) in [4.78, 5) is 0. The zero-order valence-electron chi connectivity index (χ0n) is 21.8. The summed E-state index contributed by atoms with van der Waals surface area (Å²) < 4.78 is 0. The van der Waals surface area contributed by atoms with Crippen molar-refractivity contribution < 1.29 is 0 Å². The van der Waals surface area contributed by atoms with E-state index in [1.54, 1.807) is 0 Å². The van der Waals surface area contributed by atoms with Crippen LogP contribution in [0.2, 0.25) is 0 Å². The first-order chi connectivity index (χ1) is 14.5. The van der Waals surface area contributed by atoms with E-state index >= 15 is 0 Å². The van der Waals surface area contributed by atoms with Crippen molar-refractivity contribution in [3.05, 3.63) is 0 Å². The average molecular weight is 463 g/mol. The monoisotopic (exact) mass is 462 g/mol. The molecule has 0 bridgehead atoms. The van der Waals surface area contributed by atoms with Gasteiger partial charge >= 0.3 is 198 Å². The third kappa shape index (κ3) is 16.4. The Labute approximate surface area is 197 Å². The van der Waals surface area contributed by atoms with Gasteiger partial charge in [0, 0.05) is 0 Å². The van der Waals surface area contributed by atoms with Crippen molar-refractivity contribution in [3.8, 4) is 0 Å². The van der Waals surface area contributed by atoms with Crippen molar-refractivity contribution in [1.29, 1.82) is 0 Å². The molecule has 0 fully saturated rings. The normalized spacial score (nSPS) is 13.4. The van der Waals surface area contributed by atoms with Crippen molar-refractivity contribution in [1.82, 2.24) is 0 Å². The summed E-state index contributed by atoms with van der Waals surface area (Å²) in [5.74, 6) is -2.06. The van der Waals surface area contributed by atoms with Crippen molar-refractivity contribution in [2.75, 3.05) is 24.6 Å². The first-order valence-corrected chi connectivity index (χ1v) is 18.1. The molecular weight excluding hydrogens is 403 g/mol. The van der Waals surface area contributed by atoms with Crippen LogP contribution in [0.3, 0.4) is 0 Å². The van der Waals surface area contributed by atoms with Crippen LogP contribution in [0.5, 0.6) is 0 Å². The molecule has 0 heterocycles. The molecular formula is C28H60ClP. The van der Waals surface area contributed by atoms with Gasteiger partial charge in [0.1, 0.15) is 0 Å². The molecule has 30 heavy (non-hydrogen) atoms. The van der Waals surface area contributed by atoms with Crippen molar-refractivity contribution in [2.45, 2.75) is 156 Å². The third-order valence-electron chi connectivity index (χ3n) is 7.28. The zero-order chi connectivity index (χ0) is 22.4. The number of halogens is 1. The molecule has 0 aromatic heterocycles. The molecule has 0 aromatic rings. The van der Waals surface area contributed by atoms with Gasteiger partial charge in [0.25, 0.3) is 0 Å². The molecule has 0 aliphatic rings. The van der Waals surface area contributed by atoms with Crippen LogP contribution in [0.1, 0.15) is 156 Å². The molecule has 0 aliphatic carbocycles. The van der Waals surface area contributed by atoms with E-state index in [-0.39, 0.29) is 0 Å². The summed E-state index contributed by atoms with van der Waals surface area (Å²) >= 11 is 7.98. The SMILES string of the molecule is CCCCCCCP(Cl)(CCCCCCC)(CCCCCCC)CCCCCCC. The van der Waals surface area contributed by atoms with E-state index < -0.39 is 5.96 Å². The first-order valence-electron chi connectivity index (χ1n) is 14.3. The Morgan fingerprint density at radius 3 is 0.733 bits per heavy atom. The maximum atomic E-state index is 7.98. The number of hydrogen-bond acceptors (Lipinski definition) is 0. The van der Waals surface area contributed by atoms with Crippen molar-refractivity contribution >= 4 is 17.2 Å². The van der Waals surface area contributed by atoms with Gasteiger partial charge in [-0.2, -0.15) is 0 Å². The Bertz CT molecular complexity index is 287. The Morgan fingerprint density at radius 1 is 0.333 bits per heavy atom. The number of unbranched alkanes of at least 4 members (excludes halogenated alkanes) is 16. The summed E-state index contributed by atoms with van der Waals surface area (Å²) in [6, 6.07) is 0. The van der Waals surface area contributed by atoms with E-state index in [0.29, 0.717) is 0 Å². The molecule has 0 unspecified atom stereocenters. The second-order valence-corrected chi connectivity index (χ2v) is 18.7. The summed E-state index contributed by atoms with van der Waals surface area (Å²) in [5.41, 5.74) is 0. The Hall–Kier alpha value is 0.720. The van der Waals surface area contributed by atoms with E-state index in [2.05, 4.69) is 27.7 Å². The molecule has 0 aromatic carbocycles. The molecule has 0 atom stereocenters. The van der Waals surface area contributed by atoms with Gasteiger partial charge in [-0.1, -0.05) is 0 Å². The topological polar surface area (TPSA) is 0 Å². The van der Waals surface area contributed by atoms with Crippen molar-refractivity contribution in [2.24, 2.45) is 0 Å². The molecule has 0 aliphatic heterocycles. The standard InChI is InChI=1S/C28H60ClP/c1-5-9-13-17-21-25-30(29,26-22-18-14-10-6-2,27-23-19-15-11-7-3)28-24-20-16-12-8-4/h5-28H2,1-4H3. The van der Waals surface area contributed by atoms with Gasteiger partial charge in [0.15, 0.2) is 0 Å². The molecule has 2 heteroatoms. The molecule has 0 amide bonds. The van der Waals surface area contributed by atoms with Crippen LogP contribution in [0.4, 0.5) is 0 Å². The van der Waals surface area contributed by atoms with Gasteiger partial charge in [0.2, 0.25) is 0 Å². The molecule has 0 spiro atoms. The van der Waals surface area contributed by atoms with Crippen LogP contribution in [0.25, 0.3) is 0 Å². The zero-order valence-corrected chi connectivity index (χ0v) is 23.4. The van der Waals surface area contributed by atoms with E-state index in [1.165, 1.54) is 153 Å². The predicted octanol–water partition coefficient (Wildman–Crippen LogP) is 11.6. The Kier molecular flexibility index (Phi) is 20.8. The Balaban J connectivity index is 4.98. The van der Waals surface area contributed by atoms with Crippen LogP contribution in [0.15, 0.2) is 0 Å². The van der Waals surface area contributed by atoms with Gasteiger partial charge < -0.3 is 0 Å². The second kappa shape index (κ2) is 20.3. The maximum absolute atomic E-state index is 7.98. The van der Waals surface area contributed by atoms with Crippen LogP contribution in [-0.4, -0.2) is 24.6 Å². The molecule has 0 N–H and O–H groups in total. The van der Waals surface area contributed by atoms with Crippen LogP contribution >= 0.6 is 17.2 Å². The summed E-state index contributed by atoms with van der Waals surface area (Å²) in [6.45, 7) is 9.30. The van der Waals surface area contributed by atoms with E-state index in [0.717, 1.165) is 0 Å². The number of hydrogen-bond donors (Lipinski definition) is 0. The minimum absolute atomic E-state index is 1.34. The molecule has 0 radical (unpaired) electrons. The fourth-order valence-corrected chi connectivity index (χ4v) is 11.9. The van der Waals surface area contributed by atoms with Crippen LogP contribution in [-0.2, 0) is 0 Å². The third-order valence-corrected chi connectivity index (χ3v) is 15.0. The minimum atomic E-state index is -2.06. The summed E-state index contributed by atoms with van der Waals surface area (Å²) in [6.07, 6.45) is 33.5. The molecule has 0 saturated heterocycles. The van der Waals surface area contributed by atoms with Crippen LogP contribution in [0, 0.1) is 0 Å². The van der Waals surface area contributed by atoms with Gasteiger partial charge in [-0.05, 0) is 0 Å². The molecule has 0 nitrogen and oxygen atoms in total. The van der Waals surface area contributed by atoms with Crippen molar-refractivity contribution in [3.63, 3.8) is 0 Å². The molecule has 0 saturated carbocycles. The first kappa shape index (κ1) is 30.7. The average Bonchev–Trinajstić information content (AvgIpc) is 2.74. The quantitative estimate of drug-likeness (QED) is 0.0987. The second-order valence-electron chi connectivity index (χ2n) is 10.4. The van der Waals surface area contributed by atoms with Gasteiger partial charge in [0.05, 0.1) is 0 Å². The Morgan fingerprint density at radius 2 is 0.533 bits per heavy atom. The van der Waals surface area contributed by atoms with Gasteiger partial charge in [-0.25, -0.2) is 0 Å². The summed E-state index contributed by atoms with van der Waals surface area (Å²) in [7, 11) is 0. The van der Waals surface area contributed by atoms with Gasteiger partial charge in [-0.15, -0.1) is 0 Å². The fourth-order valence-electron chi connectivity index (χ4n) is 5.11. The number of rotatable bonds is 24. The predicted molar refractivity (Wildman–Crippen MR) is 147 cm³/mol. The van der Waals surface area contributed by atoms with Crippen LogP contribution < -0.4 is 0 Å². The summed E-state index contributed by atoms with van der Waals surface area (Å²) in [5, 5.41) is 0. The molecule has 0 rings (SSSR count). The fraction of sp³-hybridized carbons (Fsp3) is 1.00. The molecule has 184 valence electrons. The van der Waals surface area contributed by atoms with E-state index in [1.807, 2.05) is 0 Å². The van der Waals surface area contributed by atoms with Gasteiger partial charge in [-0.3, -0.25) is 0 Å². The van der Waals surface area contributed by atoms with E-state index in [4.69, 9.17) is 11.2 Å². The van der Waals surface area contributed by atoms with E-state index in [9.17, 15) is 0 Å².